The van der Waals surface area contributed by atoms with E-state index in [-0.39, 0.29) is 0 Å². The van der Waals surface area contributed by atoms with E-state index in [1.54, 1.807) is 0 Å². The van der Waals surface area contributed by atoms with Gasteiger partial charge >= 0.3 is 0 Å². The molecule has 0 saturated carbocycles. The molecule has 19 heavy (non-hydrogen) atoms. The molecule has 1 aromatic heterocycles. The number of aromatic nitrogens is 2. The van der Waals surface area contributed by atoms with E-state index >= 15 is 0 Å². The summed E-state index contributed by atoms with van der Waals surface area (Å²) in [5.74, 6) is 0.523. The Morgan fingerprint density at radius 3 is 2.21 bits per heavy atom. The van der Waals surface area contributed by atoms with Crippen molar-refractivity contribution >= 4 is 49.9 Å². The second-order valence-electron chi connectivity index (χ2n) is 3.97. The van der Waals surface area contributed by atoms with Gasteiger partial charge in [0.25, 0.3) is 0 Å². The molecule has 5 heteroatoms. The highest BCUT2D eigenvalue weighted by molar-refractivity contribution is 9.10. The van der Waals surface area contributed by atoms with Crippen molar-refractivity contribution in [2.45, 2.75) is 0 Å². The van der Waals surface area contributed by atoms with Crippen LogP contribution < -0.4 is 0 Å². The Morgan fingerprint density at radius 1 is 0.842 bits per heavy atom. The first-order valence-electron chi connectivity index (χ1n) is 5.53. The molecule has 1 heterocycles. The van der Waals surface area contributed by atoms with E-state index in [9.17, 15) is 0 Å². The molecule has 0 aliphatic heterocycles. The highest BCUT2D eigenvalue weighted by Crippen LogP contribution is 2.32. The lowest BCUT2D eigenvalue weighted by Gasteiger charge is -2.07. The SMILES string of the molecule is Clc1nc(-c2cccc3ccccc23)nc(Cl)c1Br. The van der Waals surface area contributed by atoms with Gasteiger partial charge in [-0.2, -0.15) is 0 Å². The highest BCUT2D eigenvalue weighted by atomic mass is 79.9. The summed E-state index contributed by atoms with van der Waals surface area (Å²) in [6, 6.07) is 14.0. The lowest BCUT2D eigenvalue weighted by Crippen LogP contribution is -1.92. The van der Waals surface area contributed by atoms with E-state index in [2.05, 4.69) is 25.9 Å². The Labute approximate surface area is 128 Å². The maximum atomic E-state index is 6.04. The number of halogens is 3. The molecular weight excluding hydrogens is 347 g/mol. The summed E-state index contributed by atoms with van der Waals surface area (Å²) in [6.45, 7) is 0. The van der Waals surface area contributed by atoms with Gasteiger partial charge in [0.1, 0.15) is 10.3 Å². The van der Waals surface area contributed by atoms with Crippen molar-refractivity contribution in [3.8, 4) is 11.4 Å². The van der Waals surface area contributed by atoms with E-state index in [0.29, 0.717) is 20.6 Å². The molecule has 0 unspecified atom stereocenters. The third-order valence-corrected chi connectivity index (χ3v) is 4.56. The second-order valence-corrected chi connectivity index (χ2v) is 5.48. The Balaban J connectivity index is 2.31. The Morgan fingerprint density at radius 2 is 1.47 bits per heavy atom. The minimum absolute atomic E-state index is 0.308. The molecule has 2 nitrogen and oxygen atoms in total. The van der Waals surface area contributed by atoms with Gasteiger partial charge in [0.15, 0.2) is 5.82 Å². The fourth-order valence-electron chi connectivity index (χ4n) is 1.94. The summed E-state index contributed by atoms with van der Waals surface area (Å²) in [5.41, 5.74) is 0.911. The third kappa shape index (κ3) is 2.34. The van der Waals surface area contributed by atoms with E-state index in [0.717, 1.165) is 16.3 Å². The maximum absolute atomic E-state index is 6.04. The van der Waals surface area contributed by atoms with Crippen molar-refractivity contribution in [2.24, 2.45) is 0 Å². The van der Waals surface area contributed by atoms with Gasteiger partial charge < -0.3 is 0 Å². The van der Waals surface area contributed by atoms with E-state index < -0.39 is 0 Å². The van der Waals surface area contributed by atoms with Crippen molar-refractivity contribution in [1.82, 2.24) is 9.97 Å². The van der Waals surface area contributed by atoms with Crippen LogP contribution in [0.25, 0.3) is 22.2 Å². The molecule has 2 aromatic carbocycles. The molecule has 0 atom stereocenters. The predicted octanol–water partition coefficient (Wildman–Crippen LogP) is 5.37. The molecule has 0 N–H and O–H groups in total. The Bertz CT molecular complexity index is 746. The van der Waals surface area contributed by atoms with Crippen LogP contribution in [0, 0.1) is 0 Å². The zero-order chi connectivity index (χ0) is 13.4. The molecule has 0 aliphatic rings. The molecule has 0 fully saturated rings. The largest absolute Gasteiger partial charge is 0.215 e. The molecular formula is C14H7BrCl2N2. The normalized spacial score (nSPS) is 10.9. The molecule has 94 valence electrons. The minimum Gasteiger partial charge on any atom is -0.215 e. The van der Waals surface area contributed by atoms with Crippen molar-refractivity contribution in [2.75, 3.05) is 0 Å². The van der Waals surface area contributed by atoms with Gasteiger partial charge in [-0.05, 0) is 26.7 Å². The highest BCUT2D eigenvalue weighted by Gasteiger charge is 2.12. The molecule has 0 spiro atoms. The predicted molar refractivity (Wildman–Crippen MR) is 82.7 cm³/mol. The van der Waals surface area contributed by atoms with E-state index in [1.165, 1.54) is 0 Å². The quantitative estimate of drug-likeness (QED) is 0.550. The van der Waals surface area contributed by atoms with Crippen LogP contribution in [0.15, 0.2) is 46.9 Å². The number of benzene rings is 2. The summed E-state index contributed by atoms with van der Waals surface area (Å²) in [6.07, 6.45) is 0. The molecule has 0 saturated heterocycles. The van der Waals surface area contributed by atoms with Gasteiger partial charge in [0.2, 0.25) is 0 Å². The van der Waals surface area contributed by atoms with Crippen LogP contribution in [-0.2, 0) is 0 Å². The van der Waals surface area contributed by atoms with Crippen LogP contribution >= 0.6 is 39.1 Å². The van der Waals surface area contributed by atoms with Gasteiger partial charge in [0.05, 0.1) is 4.47 Å². The average Bonchev–Trinajstić information content (AvgIpc) is 2.43. The van der Waals surface area contributed by atoms with Crippen molar-refractivity contribution < 1.29 is 0 Å². The van der Waals surface area contributed by atoms with Gasteiger partial charge in [-0.1, -0.05) is 65.7 Å². The summed E-state index contributed by atoms with van der Waals surface area (Å²) in [7, 11) is 0. The van der Waals surface area contributed by atoms with Gasteiger partial charge in [-0.25, -0.2) is 9.97 Å². The molecule has 0 amide bonds. The van der Waals surface area contributed by atoms with Crippen LogP contribution in [0.3, 0.4) is 0 Å². The molecule has 3 aromatic rings. The topological polar surface area (TPSA) is 25.8 Å². The van der Waals surface area contributed by atoms with Crippen LogP contribution in [0.5, 0.6) is 0 Å². The summed E-state index contributed by atoms with van der Waals surface area (Å²) in [5, 5.41) is 2.81. The monoisotopic (exact) mass is 352 g/mol. The van der Waals surface area contributed by atoms with Crippen LogP contribution in [0.2, 0.25) is 10.3 Å². The first-order chi connectivity index (χ1) is 9.16. The second kappa shape index (κ2) is 5.08. The molecule has 3 rings (SSSR count). The van der Waals surface area contributed by atoms with Gasteiger partial charge in [-0.15, -0.1) is 0 Å². The smallest absolute Gasteiger partial charge is 0.163 e. The summed E-state index contributed by atoms with van der Waals surface area (Å²) < 4.78 is 0.514. The van der Waals surface area contributed by atoms with Crippen molar-refractivity contribution in [3.05, 3.63) is 57.2 Å². The van der Waals surface area contributed by atoms with Gasteiger partial charge in [-0.3, -0.25) is 0 Å². The lowest BCUT2D eigenvalue weighted by atomic mass is 10.0. The number of nitrogens with zero attached hydrogens (tertiary/aromatic N) is 2. The fourth-order valence-corrected chi connectivity index (χ4v) is 2.50. The maximum Gasteiger partial charge on any atom is 0.163 e. The summed E-state index contributed by atoms with van der Waals surface area (Å²) >= 11 is 15.3. The Kier molecular flexibility index (Phi) is 3.44. The number of hydrogen-bond acceptors (Lipinski definition) is 2. The van der Waals surface area contributed by atoms with Crippen LogP contribution in [0.1, 0.15) is 0 Å². The fraction of sp³-hybridized carbons (Fsp3) is 0. The minimum atomic E-state index is 0.308. The van der Waals surface area contributed by atoms with Gasteiger partial charge in [0, 0.05) is 5.56 Å². The third-order valence-electron chi connectivity index (χ3n) is 2.80. The first-order valence-corrected chi connectivity index (χ1v) is 7.08. The zero-order valence-corrected chi connectivity index (χ0v) is 12.7. The van der Waals surface area contributed by atoms with Crippen LogP contribution in [-0.4, -0.2) is 9.97 Å². The molecule has 0 radical (unpaired) electrons. The number of rotatable bonds is 1. The van der Waals surface area contributed by atoms with E-state index in [1.807, 2.05) is 42.5 Å². The summed E-state index contributed by atoms with van der Waals surface area (Å²) in [4.78, 5) is 8.55. The molecule has 0 aliphatic carbocycles. The molecule has 0 bridgehead atoms. The van der Waals surface area contributed by atoms with Crippen molar-refractivity contribution in [1.29, 1.82) is 0 Å². The number of fused-ring (bicyclic) bond motifs is 1. The van der Waals surface area contributed by atoms with Crippen molar-refractivity contribution in [3.63, 3.8) is 0 Å². The number of hydrogen-bond donors (Lipinski definition) is 0. The van der Waals surface area contributed by atoms with Crippen LogP contribution in [0.4, 0.5) is 0 Å². The Hall–Kier alpha value is -1.16. The zero-order valence-electron chi connectivity index (χ0n) is 9.57. The standard InChI is InChI=1S/C14H7BrCl2N2/c15-11-12(16)18-14(19-13(11)17)10-7-3-5-8-4-1-2-6-9(8)10/h1-7H. The average molecular weight is 354 g/mol. The van der Waals surface area contributed by atoms with E-state index in [4.69, 9.17) is 23.2 Å². The first kappa shape index (κ1) is 12.9. The lowest BCUT2D eigenvalue weighted by molar-refractivity contribution is 1.16.